The predicted octanol–water partition coefficient (Wildman–Crippen LogP) is 9.48. The van der Waals surface area contributed by atoms with Crippen molar-refractivity contribution in [2.45, 2.75) is 261 Å². The molecule has 1 amide bonds. The van der Waals surface area contributed by atoms with Gasteiger partial charge in [-0.2, -0.15) is 0 Å². The zero-order chi connectivity index (χ0) is 48.0. The minimum Gasteiger partial charge on any atom is -0.393 e. The number of amides is 1. The average Bonchev–Trinajstić information content (AvgIpc) is 3.28. The molecule has 0 saturated heterocycles. The highest BCUT2D eigenvalue weighted by Crippen LogP contribution is 2.47. The molecule has 65 heavy (non-hydrogen) atoms. The van der Waals surface area contributed by atoms with Crippen molar-refractivity contribution >= 4 is 13.7 Å². The number of carbonyl (C=O) groups excluding carboxylic acids is 1. The summed E-state index contributed by atoms with van der Waals surface area (Å²) in [5, 5.41) is 74.6. The van der Waals surface area contributed by atoms with Crippen LogP contribution in [0.1, 0.15) is 206 Å². The van der Waals surface area contributed by atoms with E-state index in [0.717, 1.165) is 64.2 Å². The molecule has 0 radical (unpaired) electrons. The van der Waals surface area contributed by atoms with Gasteiger partial charge in [0.15, 0.2) is 0 Å². The Bertz CT molecular complexity index is 1300. The molecule has 1 rings (SSSR count). The number of carbonyl (C=O) groups is 1. The Morgan fingerprint density at radius 3 is 1.35 bits per heavy atom. The van der Waals surface area contributed by atoms with E-state index in [2.05, 4.69) is 55.6 Å². The van der Waals surface area contributed by atoms with Gasteiger partial charge in [0.2, 0.25) is 5.91 Å². The van der Waals surface area contributed by atoms with E-state index in [4.69, 9.17) is 9.05 Å². The van der Waals surface area contributed by atoms with Crippen LogP contribution < -0.4 is 5.32 Å². The minimum atomic E-state index is -5.16. The quantitative estimate of drug-likeness (QED) is 0.0158. The first kappa shape index (κ1) is 61.3. The normalized spacial score (nSPS) is 22.9. The lowest BCUT2D eigenvalue weighted by Gasteiger charge is -2.41. The second kappa shape index (κ2) is 40.2. The summed E-state index contributed by atoms with van der Waals surface area (Å²) < 4.78 is 22.9. The number of nitrogens with one attached hydrogen (secondary N) is 1. The summed E-state index contributed by atoms with van der Waals surface area (Å²) in [7, 11) is -5.16. The van der Waals surface area contributed by atoms with Gasteiger partial charge in [0.05, 0.1) is 31.3 Å². The van der Waals surface area contributed by atoms with Gasteiger partial charge in [0.1, 0.15) is 36.6 Å². The molecule has 13 nitrogen and oxygen atoms in total. The SMILES string of the molecule is CCCCCCCCCC/C=C\CCCCCCCC(O)CC(=O)NC(COP(=O)(O)OC1C(O)C(O)C(O)C(O)C1O)C(O)/C=C/CC/C=C/CC/C=C/CCCCCCCCCC. The van der Waals surface area contributed by atoms with Crippen molar-refractivity contribution in [2.75, 3.05) is 6.61 Å². The van der Waals surface area contributed by atoms with Gasteiger partial charge in [-0.15, -0.1) is 0 Å². The Kier molecular flexibility index (Phi) is 37.9. The third-order valence-corrected chi connectivity index (χ3v) is 13.1. The molecular weight excluding hydrogens is 850 g/mol. The predicted molar refractivity (Wildman–Crippen MR) is 261 cm³/mol. The number of aliphatic hydroxyl groups excluding tert-OH is 7. The summed E-state index contributed by atoms with van der Waals surface area (Å²) in [5.74, 6) is -0.612. The fraction of sp³-hybridized carbons (Fsp3) is 0.824. The Morgan fingerprint density at radius 2 is 0.908 bits per heavy atom. The molecule has 8 unspecified atom stereocenters. The lowest BCUT2D eigenvalue weighted by molar-refractivity contribution is -0.220. The van der Waals surface area contributed by atoms with E-state index in [9.17, 15) is 50.0 Å². The second-order valence-electron chi connectivity index (χ2n) is 18.2. The van der Waals surface area contributed by atoms with E-state index >= 15 is 0 Å². The van der Waals surface area contributed by atoms with E-state index in [1.165, 1.54) is 109 Å². The van der Waals surface area contributed by atoms with Crippen LogP contribution in [0.25, 0.3) is 0 Å². The van der Waals surface area contributed by atoms with Crippen molar-refractivity contribution in [3.05, 3.63) is 48.6 Å². The maximum Gasteiger partial charge on any atom is 0.472 e. The molecule has 1 aliphatic carbocycles. The molecule has 1 saturated carbocycles. The van der Waals surface area contributed by atoms with Gasteiger partial charge >= 0.3 is 7.82 Å². The molecular formula is C51H94NO12P. The monoisotopic (exact) mass is 944 g/mol. The standard InChI is InChI=1S/C51H94NO12P/c1-3-5-7-9-11-13-15-17-19-21-23-25-27-29-31-33-35-37-39-44(54)43(41-63-65(61,62)64-51-49(59)47(57)46(56)48(58)50(51)60)52-45(55)40-42(53)38-36-34-32-30-28-26-24-22-20-18-16-14-12-10-8-6-4-2/h21-24,29,31,37,39,42-44,46-51,53-54,56-60H,3-20,25-28,30,32-36,38,40-41H2,1-2H3,(H,52,55)(H,61,62)/b23-21+,24-22-,31-29+,39-37+. The maximum absolute atomic E-state index is 13.0. The van der Waals surface area contributed by atoms with Crippen molar-refractivity contribution in [1.82, 2.24) is 5.32 Å². The van der Waals surface area contributed by atoms with Gasteiger partial charge in [-0.05, 0) is 70.6 Å². The molecule has 0 aromatic carbocycles. The number of phosphoric acid groups is 1. The van der Waals surface area contributed by atoms with Gasteiger partial charge in [-0.1, -0.05) is 178 Å². The molecule has 0 bridgehead atoms. The number of unbranched alkanes of at least 4 members (excludes halogenated alkanes) is 23. The van der Waals surface area contributed by atoms with Crippen LogP contribution >= 0.6 is 7.82 Å². The van der Waals surface area contributed by atoms with Crippen LogP contribution in [-0.4, -0.2) is 108 Å². The summed E-state index contributed by atoms with van der Waals surface area (Å²) >= 11 is 0. The van der Waals surface area contributed by atoms with Crippen molar-refractivity contribution in [3.63, 3.8) is 0 Å². The van der Waals surface area contributed by atoms with Gasteiger partial charge in [0, 0.05) is 0 Å². The number of allylic oxidation sites excluding steroid dienone is 7. The number of phosphoric ester groups is 1. The summed E-state index contributed by atoms with van der Waals surface area (Å²) in [6.07, 6.45) is 34.8. The largest absolute Gasteiger partial charge is 0.472 e. The first-order chi connectivity index (χ1) is 31.3. The zero-order valence-corrected chi connectivity index (χ0v) is 41.3. The lowest BCUT2D eigenvalue weighted by atomic mass is 9.85. The summed E-state index contributed by atoms with van der Waals surface area (Å²) in [4.78, 5) is 23.5. The van der Waals surface area contributed by atoms with E-state index in [1.54, 1.807) is 6.08 Å². The first-order valence-corrected chi connectivity index (χ1v) is 27.2. The van der Waals surface area contributed by atoms with Gasteiger partial charge in [-0.3, -0.25) is 13.8 Å². The number of hydrogen-bond acceptors (Lipinski definition) is 11. The zero-order valence-electron chi connectivity index (χ0n) is 40.4. The van der Waals surface area contributed by atoms with Crippen LogP contribution in [0.4, 0.5) is 0 Å². The molecule has 0 aromatic heterocycles. The molecule has 380 valence electrons. The van der Waals surface area contributed by atoms with Gasteiger partial charge in [0.25, 0.3) is 0 Å². The molecule has 0 spiro atoms. The number of rotatable bonds is 42. The Hall–Kier alpha value is -1.74. The molecule has 0 aromatic rings. The van der Waals surface area contributed by atoms with Gasteiger partial charge in [-0.25, -0.2) is 4.57 Å². The Labute approximate surface area is 393 Å². The topological polar surface area (TPSA) is 226 Å². The smallest absolute Gasteiger partial charge is 0.393 e. The summed E-state index contributed by atoms with van der Waals surface area (Å²) in [6.45, 7) is 3.73. The maximum atomic E-state index is 13.0. The van der Waals surface area contributed by atoms with Crippen LogP contribution in [0, 0.1) is 0 Å². The lowest BCUT2D eigenvalue weighted by Crippen LogP contribution is -2.64. The van der Waals surface area contributed by atoms with E-state index in [-0.39, 0.29) is 6.42 Å². The van der Waals surface area contributed by atoms with Crippen molar-refractivity contribution in [3.8, 4) is 0 Å². The van der Waals surface area contributed by atoms with Crippen LogP contribution in [0.15, 0.2) is 48.6 Å². The fourth-order valence-electron chi connectivity index (χ4n) is 7.91. The summed E-state index contributed by atoms with van der Waals surface area (Å²) in [6, 6.07) is -1.27. The Balaban J connectivity index is 2.54. The van der Waals surface area contributed by atoms with E-state index in [1.807, 2.05) is 0 Å². The third kappa shape index (κ3) is 31.8. The van der Waals surface area contributed by atoms with Crippen molar-refractivity contribution in [2.24, 2.45) is 0 Å². The van der Waals surface area contributed by atoms with Crippen LogP contribution in [0.5, 0.6) is 0 Å². The highest BCUT2D eigenvalue weighted by molar-refractivity contribution is 7.47. The highest BCUT2D eigenvalue weighted by Gasteiger charge is 2.51. The van der Waals surface area contributed by atoms with E-state index in [0.29, 0.717) is 19.3 Å². The molecule has 8 atom stereocenters. The molecule has 9 N–H and O–H groups in total. The molecule has 0 aliphatic heterocycles. The van der Waals surface area contributed by atoms with Crippen LogP contribution in [0.3, 0.4) is 0 Å². The Morgan fingerprint density at radius 1 is 0.538 bits per heavy atom. The highest BCUT2D eigenvalue weighted by atomic mass is 31.2. The number of aliphatic hydroxyl groups is 7. The van der Waals surface area contributed by atoms with Gasteiger partial charge < -0.3 is 46.0 Å². The molecule has 14 heteroatoms. The van der Waals surface area contributed by atoms with Crippen molar-refractivity contribution < 1.29 is 59.0 Å². The molecule has 1 fully saturated rings. The fourth-order valence-corrected chi connectivity index (χ4v) is 8.88. The minimum absolute atomic E-state index is 0.262. The molecule has 1 aliphatic rings. The number of hydrogen-bond donors (Lipinski definition) is 9. The summed E-state index contributed by atoms with van der Waals surface area (Å²) in [5.41, 5.74) is 0. The van der Waals surface area contributed by atoms with Crippen molar-refractivity contribution in [1.29, 1.82) is 0 Å². The van der Waals surface area contributed by atoms with E-state index < -0.39 is 75.2 Å². The first-order valence-electron chi connectivity index (χ1n) is 25.7. The van der Waals surface area contributed by atoms with Crippen LogP contribution in [0.2, 0.25) is 0 Å². The third-order valence-electron chi connectivity index (χ3n) is 12.1. The van der Waals surface area contributed by atoms with Crippen LogP contribution in [-0.2, 0) is 18.4 Å². The second-order valence-corrected chi connectivity index (χ2v) is 19.6. The molecule has 0 heterocycles. The average molecular weight is 944 g/mol.